The second-order valence-corrected chi connectivity index (χ2v) is 6.59. The van der Waals surface area contributed by atoms with Crippen molar-refractivity contribution < 1.29 is 19.9 Å². The van der Waals surface area contributed by atoms with Gasteiger partial charge in [0.05, 0.1) is 16.3 Å². The molecule has 0 unspecified atom stereocenters. The first-order valence-electron chi connectivity index (χ1n) is 7.92. The van der Waals surface area contributed by atoms with Gasteiger partial charge in [0.15, 0.2) is 5.75 Å². The van der Waals surface area contributed by atoms with Crippen molar-refractivity contribution in [3.8, 4) is 22.7 Å². The van der Waals surface area contributed by atoms with Gasteiger partial charge in [0.1, 0.15) is 11.3 Å². The molecule has 0 amide bonds. The maximum Gasteiger partial charge on any atom is 0.339 e. The molecule has 8 nitrogen and oxygen atoms in total. The van der Waals surface area contributed by atoms with E-state index in [2.05, 4.69) is 21.0 Å². The molecule has 0 atom stereocenters. The van der Waals surface area contributed by atoms with E-state index in [4.69, 9.17) is 0 Å². The van der Waals surface area contributed by atoms with E-state index in [1.54, 1.807) is 12.1 Å². The summed E-state index contributed by atoms with van der Waals surface area (Å²) in [7, 11) is 0. The average molecular weight is 432 g/mol. The number of nitrogens with zero attached hydrogens (tertiary/aromatic N) is 3. The van der Waals surface area contributed by atoms with Crippen LogP contribution in [-0.4, -0.2) is 30.9 Å². The van der Waals surface area contributed by atoms with Gasteiger partial charge in [0, 0.05) is 16.1 Å². The van der Waals surface area contributed by atoms with Crippen LogP contribution in [0.25, 0.3) is 16.9 Å². The fraction of sp³-hybridized carbons (Fsp3) is 0.111. The quantitative estimate of drug-likeness (QED) is 0.461. The Hall–Kier alpha value is -3.20. The number of carboxylic acid groups (broad SMARTS) is 1. The highest BCUT2D eigenvalue weighted by atomic mass is 79.9. The van der Waals surface area contributed by atoms with Gasteiger partial charge in [0.25, 0.3) is 0 Å². The first-order chi connectivity index (χ1) is 12.8. The maximum absolute atomic E-state index is 11.9. The summed E-state index contributed by atoms with van der Waals surface area (Å²) < 4.78 is 2.40. The van der Waals surface area contributed by atoms with Crippen molar-refractivity contribution >= 4 is 27.6 Å². The third kappa shape index (κ3) is 3.41. The number of carboxylic acids is 1. The number of hydrogen-bond donors (Lipinski definition) is 2. The number of phenols is 1. The highest BCUT2D eigenvalue weighted by molar-refractivity contribution is 9.10. The van der Waals surface area contributed by atoms with Crippen molar-refractivity contribution in [2.45, 2.75) is 13.3 Å². The number of benzene rings is 2. The van der Waals surface area contributed by atoms with Crippen molar-refractivity contribution in [3.05, 3.63) is 68.3 Å². The summed E-state index contributed by atoms with van der Waals surface area (Å²) in [6.45, 7) is 1.82. The summed E-state index contributed by atoms with van der Waals surface area (Å²) in [5, 5.41) is 34.9. The third-order valence-electron chi connectivity index (χ3n) is 4.05. The molecule has 0 saturated carbocycles. The third-order valence-corrected chi connectivity index (χ3v) is 4.58. The van der Waals surface area contributed by atoms with Crippen LogP contribution >= 0.6 is 15.9 Å². The van der Waals surface area contributed by atoms with E-state index in [1.807, 2.05) is 19.1 Å². The molecule has 0 aliphatic heterocycles. The Labute approximate surface area is 162 Å². The Kier molecular flexibility index (Phi) is 4.95. The molecule has 0 aliphatic carbocycles. The Morgan fingerprint density at radius 3 is 2.44 bits per heavy atom. The van der Waals surface area contributed by atoms with Crippen LogP contribution in [0.5, 0.6) is 5.75 Å². The van der Waals surface area contributed by atoms with Gasteiger partial charge in [-0.3, -0.25) is 10.1 Å². The molecule has 9 heteroatoms. The van der Waals surface area contributed by atoms with Crippen LogP contribution in [0, 0.1) is 10.1 Å². The Bertz CT molecular complexity index is 1040. The van der Waals surface area contributed by atoms with Crippen molar-refractivity contribution in [1.29, 1.82) is 0 Å². The minimum Gasteiger partial charge on any atom is -0.502 e. The van der Waals surface area contributed by atoms with E-state index in [-0.39, 0.29) is 16.8 Å². The van der Waals surface area contributed by atoms with Crippen LogP contribution < -0.4 is 0 Å². The van der Waals surface area contributed by atoms with E-state index >= 15 is 0 Å². The zero-order valence-corrected chi connectivity index (χ0v) is 15.7. The van der Waals surface area contributed by atoms with Gasteiger partial charge in [-0.15, -0.1) is 0 Å². The van der Waals surface area contributed by atoms with Crippen molar-refractivity contribution in [1.82, 2.24) is 9.78 Å². The number of aromatic carboxylic acids is 1. The van der Waals surface area contributed by atoms with E-state index in [0.717, 1.165) is 16.6 Å². The number of aromatic hydroxyl groups is 1. The summed E-state index contributed by atoms with van der Waals surface area (Å²) in [4.78, 5) is 22.1. The number of phenolic OH excluding ortho intramolecular Hbond substituents is 1. The van der Waals surface area contributed by atoms with Gasteiger partial charge >= 0.3 is 11.7 Å². The van der Waals surface area contributed by atoms with Crippen LogP contribution in [-0.2, 0) is 6.42 Å². The van der Waals surface area contributed by atoms with Crippen LogP contribution in [0.1, 0.15) is 23.0 Å². The molecule has 0 bridgehead atoms. The number of halogens is 1. The van der Waals surface area contributed by atoms with Crippen molar-refractivity contribution in [2.75, 3.05) is 0 Å². The van der Waals surface area contributed by atoms with Crippen molar-refractivity contribution in [2.24, 2.45) is 0 Å². The average Bonchev–Trinajstić information content (AvgIpc) is 3.01. The first-order valence-corrected chi connectivity index (χ1v) is 8.71. The molecule has 1 heterocycles. The van der Waals surface area contributed by atoms with Crippen molar-refractivity contribution in [3.63, 3.8) is 0 Å². The molecule has 1 aromatic heterocycles. The lowest BCUT2D eigenvalue weighted by molar-refractivity contribution is -0.385. The number of aromatic nitrogens is 2. The minimum atomic E-state index is -1.16. The predicted molar refractivity (Wildman–Crippen MR) is 101 cm³/mol. The molecule has 138 valence electrons. The topological polar surface area (TPSA) is 118 Å². The molecule has 27 heavy (non-hydrogen) atoms. The second-order valence-electron chi connectivity index (χ2n) is 5.68. The van der Waals surface area contributed by atoms with Crippen LogP contribution in [0.3, 0.4) is 0 Å². The lowest BCUT2D eigenvalue weighted by atomic mass is 10.0. The minimum absolute atomic E-state index is 0.00586. The number of nitro benzene ring substituents is 1. The standard InChI is InChI=1S/C18H14BrN3O5/c1-2-13-16(18(24)25)17(10-3-8-14(22(26)27)15(23)9-10)20-21(13)12-6-4-11(19)5-7-12/h3-9,23H,2H2,1H3,(H,24,25). The summed E-state index contributed by atoms with van der Waals surface area (Å²) in [6, 6.07) is 10.9. The normalized spacial score (nSPS) is 10.7. The van der Waals surface area contributed by atoms with Gasteiger partial charge in [-0.2, -0.15) is 5.10 Å². The molecule has 0 spiro atoms. The van der Waals surface area contributed by atoms with E-state index in [0.29, 0.717) is 17.8 Å². The number of rotatable bonds is 5. The number of nitro groups is 1. The molecular weight excluding hydrogens is 418 g/mol. The SMILES string of the molecule is CCc1c(C(=O)O)c(-c2ccc([N+](=O)[O-])c(O)c2)nn1-c1ccc(Br)cc1. The van der Waals surface area contributed by atoms with E-state index < -0.39 is 22.3 Å². The smallest absolute Gasteiger partial charge is 0.339 e. The highest BCUT2D eigenvalue weighted by Crippen LogP contribution is 2.34. The molecule has 0 saturated heterocycles. The van der Waals surface area contributed by atoms with E-state index in [1.165, 1.54) is 10.7 Å². The van der Waals surface area contributed by atoms with Gasteiger partial charge in [0.2, 0.25) is 0 Å². The monoisotopic (exact) mass is 431 g/mol. The van der Waals surface area contributed by atoms with Gasteiger partial charge < -0.3 is 10.2 Å². The van der Waals surface area contributed by atoms with Crippen LogP contribution in [0.4, 0.5) is 5.69 Å². The summed E-state index contributed by atoms with van der Waals surface area (Å²) in [5.74, 6) is -1.71. The Morgan fingerprint density at radius 1 is 1.26 bits per heavy atom. The molecule has 0 fully saturated rings. The summed E-state index contributed by atoms with van der Waals surface area (Å²) >= 11 is 3.35. The fourth-order valence-electron chi connectivity index (χ4n) is 2.83. The largest absolute Gasteiger partial charge is 0.502 e. The molecule has 3 aromatic rings. The molecule has 0 aliphatic rings. The lowest BCUT2D eigenvalue weighted by Crippen LogP contribution is -2.05. The fourth-order valence-corrected chi connectivity index (χ4v) is 3.09. The van der Waals surface area contributed by atoms with Gasteiger partial charge in [-0.05, 0) is 42.8 Å². The summed E-state index contributed by atoms with van der Waals surface area (Å²) in [5.41, 5.74) is 1.11. The number of carbonyl (C=O) groups is 1. The molecular formula is C18H14BrN3O5. The maximum atomic E-state index is 11.9. The highest BCUT2D eigenvalue weighted by Gasteiger charge is 2.25. The summed E-state index contributed by atoms with van der Waals surface area (Å²) in [6.07, 6.45) is 0.406. The molecule has 2 aromatic carbocycles. The van der Waals surface area contributed by atoms with E-state index in [9.17, 15) is 25.1 Å². The van der Waals surface area contributed by atoms with Gasteiger partial charge in [-0.1, -0.05) is 22.9 Å². The molecule has 0 radical (unpaired) electrons. The Balaban J connectivity index is 2.24. The van der Waals surface area contributed by atoms with Crippen LogP contribution in [0.2, 0.25) is 0 Å². The molecule has 2 N–H and O–H groups in total. The number of hydrogen-bond acceptors (Lipinski definition) is 5. The predicted octanol–water partition coefficient (Wildman–Crippen LogP) is 4.18. The Morgan fingerprint density at radius 2 is 1.93 bits per heavy atom. The molecule has 3 rings (SSSR count). The van der Waals surface area contributed by atoms with Crippen LogP contribution in [0.15, 0.2) is 46.9 Å². The second kappa shape index (κ2) is 7.20. The zero-order valence-electron chi connectivity index (χ0n) is 14.1. The first kappa shape index (κ1) is 18.6. The zero-order chi connectivity index (χ0) is 19.7. The van der Waals surface area contributed by atoms with Gasteiger partial charge in [-0.25, -0.2) is 9.48 Å². The lowest BCUT2D eigenvalue weighted by Gasteiger charge is -2.06.